The van der Waals surface area contributed by atoms with Crippen molar-refractivity contribution in [2.75, 3.05) is 0 Å². The summed E-state index contributed by atoms with van der Waals surface area (Å²) in [4.78, 5) is 0. The summed E-state index contributed by atoms with van der Waals surface area (Å²) in [5, 5.41) is 0. The van der Waals surface area contributed by atoms with E-state index in [1.54, 1.807) is 12.1 Å². The van der Waals surface area contributed by atoms with Gasteiger partial charge in [0, 0.05) is 5.56 Å². The van der Waals surface area contributed by atoms with Crippen molar-refractivity contribution >= 4 is 0 Å². The van der Waals surface area contributed by atoms with Crippen LogP contribution in [0.15, 0.2) is 24.3 Å². The fourth-order valence-corrected chi connectivity index (χ4v) is 8.60. The Bertz CT molecular complexity index is 1160. The second-order valence-corrected chi connectivity index (χ2v) is 13.7. The lowest BCUT2D eigenvalue weighted by atomic mass is 9.67. The molecule has 0 bridgehead atoms. The fraction of sp³-hybridized carbons (Fsp3) is 0.667. The van der Waals surface area contributed by atoms with Gasteiger partial charge in [-0.2, -0.15) is 13.2 Å². The Balaban J connectivity index is 1.12. The molecule has 0 saturated heterocycles. The van der Waals surface area contributed by atoms with Gasteiger partial charge in [-0.3, -0.25) is 0 Å². The number of rotatable bonds is 8. The molecule has 0 heterocycles. The standard InChI is InChI=1S/C36H45F7/c1-2-3-4-5-22-6-8-25(9-7-22)28-18-30(37)34(31(38)19-28)27-16-14-24(15-17-27)23-10-12-26(13-11-23)29-20-32(39)35(33(40)21-29)36(41,42)43/h18-27H,2-17H2,1H3. The molecule has 5 rings (SSSR count). The molecule has 3 saturated carbocycles. The van der Waals surface area contributed by atoms with E-state index in [2.05, 4.69) is 6.92 Å². The molecule has 0 unspecified atom stereocenters. The van der Waals surface area contributed by atoms with Crippen molar-refractivity contribution in [3.05, 3.63) is 69.8 Å². The largest absolute Gasteiger partial charge is 0.422 e. The minimum atomic E-state index is -5.07. The van der Waals surface area contributed by atoms with Gasteiger partial charge >= 0.3 is 6.18 Å². The maximum absolute atomic E-state index is 15.4. The number of benzene rings is 2. The average Bonchev–Trinajstić information content (AvgIpc) is 2.97. The normalized spacial score (nSPS) is 28.7. The Morgan fingerprint density at radius 1 is 0.558 bits per heavy atom. The Labute approximate surface area is 251 Å². The van der Waals surface area contributed by atoms with Gasteiger partial charge in [-0.05, 0) is 148 Å². The highest BCUT2D eigenvalue weighted by Gasteiger charge is 2.39. The molecule has 0 N–H and O–H groups in total. The molecule has 7 heteroatoms. The van der Waals surface area contributed by atoms with Gasteiger partial charge in [0.1, 0.15) is 28.8 Å². The van der Waals surface area contributed by atoms with E-state index in [-0.39, 0.29) is 23.3 Å². The fourth-order valence-electron chi connectivity index (χ4n) is 8.60. The zero-order valence-corrected chi connectivity index (χ0v) is 25.2. The Morgan fingerprint density at radius 3 is 1.42 bits per heavy atom. The molecular formula is C36H45F7. The smallest absolute Gasteiger partial charge is 0.207 e. The summed E-state index contributed by atoms with van der Waals surface area (Å²) in [6, 6.07) is 4.88. The van der Waals surface area contributed by atoms with Crippen molar-refractivity contribution in [2.24, 2.45) is 17.8 Å². The highest BCUT2D eigenvalue weighted by molar-refractivity contribution is 5.32. The van der Waals surface area contributed by atoms with Crippen LogP contribution in [0.5, 0.6) is 0 Å². The van der Waals surface area contributed by atoms with E-state index in [0.29, 0.717) is 30.2 Å². The predicted octanol–water partition coefficient (Wildman–Crippen LogP) is 12.4. The zero-order chi connectivity index (χ0) is 30.7. The SMILES string of the molecule is CCCCCC1CCC(c2cc(F)c(C3CCC(C4CCC(c5cc(F)c(C(F)(F)F)c(F)c5)CC4)CC3)c(F)c2)CC1. The molecule has 43 heavy (non-hydrogen) atoms. The second kappa shape index (κ2) is 13.9. The molecule has 0 atom stereocenters. The highest BCUT2D eigenvalue weighted by atomic mass is 19.4. The summed E-state index contributed by atoms with van der Waals surface area (Å²) >= 11 is 0. The van der Waals surface area contributed by atoms with Gasteiger partial charge in [-0.25, -0.2) is 17.6 Å². The second-order valence-electron chi connectivity index (χ2n) is 13.7. The molecule has 0 aliphatic heterocycles. The van der Waals surface area contributed by atoms with E-state index in [9.17, 15) is 22.0 Å². The molecule has 0 radical (unpaired) electrons. The van der Waals surface area contributed by atoms with E-state index >= 15 is 8.78 Å². The van der Waals surface area contributed by atoms with Crippen LogP contribution in [0, 0.1) is 41.0 Å². The van der Waals surface area contributed by atoms with E-state index in [1.807, 2.05) is 0 Å². The van der Waals surface area contributed by atoms with Gasteiger partial charge in [0.05, 0.1) is 0 Å². The maximum Gasteiger partial charge on any atom is 0.422 e. The molecule has 3 aliphatic rings. The van der Waals surface area contributed by atoms with Gasteiger partial charge in [0.25, 0.3) is 0 Å². The van der Waals surface area contributed by atoms with Gasteiger partial charge in [0.2, 0.25) is 0 Å². The quantitative estimate of drug-likeness (QED) is 0.206. The number of unbranched alkanes of at least 4 members (excludes halogenated alkanes) is 2. The lowest BCUT2D eigenvalue weighted by Gasteiger charge is -2.38. The molecule has 238 valence electrons. The Morgan fingerprint density at radius 2 is 0.977 bits per heavy atom. The lowest BCUT2D eigenvalue weighted by molar-refractivity contribution is -0.142. The summed E-state index contributed by atoms with van der Waals surface area (Å²) in [6.45, 7) is 2.22. The topological polar surface area (TPSA) is 0 Å². The van der Waals surface area contributed by atoms with E-state index < -0.39 is 35.0 Å². The van der Waals surface area contributed by atoms with Crippen LogP contribution in [0.25, 0.3) is 0 Å². The first-order chi connectivity index (χ1) is 20.5. The molecule has 0 nitrogen and oxygen atoms in total. The van der Waals surface area contributed by atoms with Crippen LogP contribution in [0.1, 0.15) is 150 Å². The lowest BCUT2D eigenvalue weighted by Crippen LogP contribution is -2.25. The average molecular weight is 611 g/mol. The maximum atomic E-state index is 15.4. The number of halogens is 7. The summed E-state index contributed by atoms with van der Waals surface area (Å²) in [5.41, 5.74) is -0.487. The Kier molecular flexibility index (Phi) is 10.5. The van der Waals surface area contributed by atoms with Crippen LogP contribution < -0.4 is 0 Å². The first-order valence-corrected chi connectivity index (χ1v) is 16.6. The van der Waals surface area contributed by atoms with E-state index in [1.165, 1.54) is 25.7 Å². The molecule has 0 amide bonds. The third-order valence-corrected chi connectivity index (χ3v) is 11.1. The van der Waals surface area contributed by atoms with E-state index in [0.717, 1.165) is 87.8 Å². The van der Waals surface area contributed by atoms with Crippen LogP contribution in [0.3, 0.4) is 0 Å². The van der Waals surface area contributed by atoms with Crippen LogP contribution >= 0.6 is 0 Å². The van der Waals surface area contributed by atoms with Gasteiger partial charge in [-0.1, -0.05) is 32.6 Å². The number of hydrogen-bond donors (Lipinski definition) is 0. The molecule has 3 aliphatic carbocycles. The third-order valence-electron chi connectivity index (χ3n) is 11.1. The molecule has 2 aromatic rings. The summed E-state index contributed by atoms with van der Waals surface area (Å²) in [6.07, 6.45) is 10.5. The van der Waals surface area contributed by atoms with Crippen molar-refractivity contribution < 1.29 is 30.7 Å². The van der Waals surface area contributed by atoms with Crippen LogP contribution in [-0.4, -0.2) is 0 Å². The van der Waals surface area contributed by atoms with Gasteiger partial charge in [-0.15, -0.1) is 0 Å². The Hall–Kier alpha value is -2.05. The number of alkyl halides is 3. The minimum Gasteiger partial charge on any atom is -0.207 e. The first-order valence-electron chi connectivity index (χ1n) is 16.6. The molecule has 0 aromatic heterocycles. The number of hydrogen-bond acceptors (Lipinski definition) is 0. The van der Waals surface area contributed by atoms with E-state index in [4.69, 9.17) is 0 Å². The predicted molar refractivity (Wildman–Crippen MR) is 156 cm³/mol. The third kappa shape index (κ3) is 7.61. The minimum absolute atomic E-state index is 0.131. The molecule has 0 spiro atoms. The van der Waals surface area contributed by atoms with Crippen LogP contribution in [0.2, 0.25) is 0 Å². The summed E-state index contributed by atoms with van der Waals surface area (Å²) in [5.74, 6) is -2.39. The molecular weight excluding hydrogens is 565 g/mol. The van der Waals surface area contributed by atoms with Crippen molar-refractivity contribution in [1.82, 2.24) is 0 Å². The monoisotopic (exact) mass is 610 g/mol. The zero-order valence-electron chi connectivity index (χ0n) is 25.2. The summed E-state index contributed by atoms with van der Waals surface area (Å²) in [7, 11) is 0. The van der Waals surface area contributed by atoms with Crippen molar-refractivity contribution in [3.63, 3.8) is 0 Å². The van der Waals surface area contributed by atoms with Crippen molar-refractivity contribution in [3.8, 4) is 0 Å². The molecule has 2 aromatic carbocycles. The van der Waals surface area contributed by atoms with Crippen molar-refractivity contribution in [2.45, 2.75) is 134 Å². The van der Waals surface area contributed by atoms with Gasteiger partial charge < -0.3 is 0 Å². The van der Waals surface area contributed by atoms with Crippen LogP contribution in [0.4, 0.5) is 30.7 Å². The van der Waals surface area contributed by atoms with Crippen LogP contribution in [-0.2, 0) is 6.18 Å². The summed E-state index contributed by atoms with van der Waals surface area (Å²) < 4.78 is 97.9. The highest BCUT2D eigenvalue weighted by Crippen LogP contribution is 2.48. The van der Waals surface area contributed by atoms with Crippen molar-refractivity contribution in [1.29, 1.82) is 0 Å². The first kappa shape index (κ1) is 32.3. The molecule has 3 fully saturated rings. The van der Waals surface area contributed by atoms with Gasteiger partial charge in [0.15, 0.2) is 0 Å².